The molecular weight excluding hydrogens is 401 g/mol. The van der Waals surface area contributed by atoms with Crippen molar-refractivity contribution in [2.75, 3.05) is 5.32 Å². The summed E-state index contributed by atoms with van der Waals surface area (Å²) in [5.41, 5.74) is 2.50. The zero-order chi connectivity index (χ0) is 14.1. The Morgan fingerprint density at radius 3 is 2.60 bits per heavy atom. The zero-order valence-corrected chi connectivity index (χ0v) is 14.7. The predicted octanol–water partition coefficient (Wildman–Crippen LogP) is 6.22. The molecule has 20 heavy (non-hydrogen) atoms. The third-order valence-electron chi connectivity index (χ3n) is 3.75. The molecule has 0 bridgehead atoms. The Kier molecular flexibility index (Phi) is 4.39. The van der Waals surface area contributed by atoms with Crippen molar-refractivity contribution in [3.63, 3.8) is 0 Å². The number of halogens is 3. The minimum atomic E-state index is 0.522. The number of hydrogen-bond donors (Lipinski definition) is 1. The van der Waals surface area contributed by atoms with Gasteiger partial charge in [0.15, 0.2) is 0 Å². The Bertz CT molecular complexity index is 624. The fourth-order valence-corrected chi connectivity index (χ4v) is 3.55. The van der Waals surface area contributed by atoms with Crippen LogP contribution in [0.2, 0.25) is 5.02 Å². The van der Waals surface area contributed by atoms with Crippen molar-refractivity contribution >= 4 is 49.1 Å². The first kappa shape index (κ1) is 14.4. The van der Waals surface area contributed by atoms with Gasteiger partial charge in [-0.15, -0.1) is 0 Å². The van der Waals surface area contributed by atoms with E-state index >= 15 is 0 Å². The van der Waals surface area contributed by atoms with Gasteiger partial charge in [0.1, 0.15) is 0 Å². The van der Waals surface area contributed by atoms with Gasteiger partial charge in [0, 0.05) is 20.0 Å². The molecule has 4 heteroatoms. The van der Waals surface area contributed by atoms with E-state index in [-0.39, 0.29) is 0 Å². The van der Waals surface area contributed by atoms with Crippen LogP contribution in [-0.4, -0.2) is 6.04 Å². The van der Waals surface area contributed by atoms with E-state index in [1.165, 1.54) is 5.56 Å². The zero-order valence-electron chi connectivity index (χ0n) is 10.7. The first-order valence-corrected chi connectivity index (χ1v) is 8.55. The fourth-order valence-electron chi connectivity index (χ4n) is 2.60. The summed E-state index contributed by atoms with van der Waals surface area (Å²) >= 11 is 13.1. The van der Waals surface area contributed by atoms with Crippen LogP contribution >= 0.6 is 43.5 Å². The van der Waals surface area contributed by atoms with Gasteiger partial charge in [0.05, 0.1) is 5.69 Å². The Labute approximate surface area is 141 Å². The summed E-state index contributed by atoms with van der Waals surface area (Å²) in [5.74, 6) is 0.656. The van der Waals surface area contributed by atoms with Crippen LogP contribution in [0.25, 0.3) is 0 Å². The Morgan fingerprint density at radius 1 is 1.05 bits per heavy atom. The summed E-state index contributed by atoms with van der Waals surface area (Å²) in [4.78, 5) is 0. The quantitative estimate of drug-likeness (QED) is 0.627. The normalized spacial score (nSPS) is 21.4. The van der Waals surface area contributed by atoms with E-state index in [1.807, 2.05) is 18.2 Å². The summed E-state index contributed by atoms with van der Waals surface area (Å²) in [6.45, 7) is 0. The second-order valence-electron chi connectivity index (χ2n) is 5.19. The van der Waals surface area contributed by atoms with E-state index in [0.717, 1.165) is 32.5 Å². The Balaban J connectivity index is 1.62. The molecule has 104 valence electrons. The van der Waals surface area contributed by atoms with E-state index in [9.17, 15) is 0 Å². The standard InChI is InChI=1S/C16H14Br2ClN/c17-12-3-1-2-10(6-12)11-7-14(8-11)20-16-9-13(19)4-5-15(16)18/h1-6,9,11,14,20H,7-8H2. The molecule has 0 atom stereocenters. The van der Waals surface area contributed by atoms with Crippen molar-refractivity contribution in [1.29, 1.82) is 0 Å². The van der Waals surface area contributed by atoms with E-state index in [2.05, 4.69) is 61.4 Å². The molecule has 0 radical (unpaired) electrons. The molecule has 2 aromatic rings. The summed E-state index contributed by atoms with van der Waals surface area (Å²) in [7, 11) is 0. The van der Waals surface area contributed by atoms with Gasteiger partial charge in [-0.1, -0.05) is 39.7 Å². The number of rotatable bonds is 3. The highest BCUT2D eigenvalue weighted by Gasteiger charge is 2.30. The van der Waals surface area contributed by atoms with Gasteiger partial charge in [-0.2, -0.15) is 0 Å². The molecule has 3 rings (SSSR count). The van der Waals surface area contributed by atoms with Crippen LogP contribution in [-0.2, 0) is 0 Å². The van der Waals surface area contributed by atoms with Crippen molar-refractivity contribution < 1.29 is 0 Å². The second kappa shape index (κ2) is 6.08. The molecule has 1 nitrogen and oxygen atoms in total. The van der Waals surface area contributed by atoms with Crippen molar-refractivity contribution in [1.82, 2.24) is 0 Å². The summed E-state index contributed by atoms with van der Waals surface area (Å²) in [5, 5.41) is 4.32. The van der Waals surface area contributed by atoms with Crippen molar-refractivity contribution in [3.05, 3.63) is 62.0 Å². The molecule has 1 aliphatic carbocycles. The first-order chi connectivity index (χ1) is 9.61. The lowest BCUT2D eigenvalue weighted by Crippen LogP contribution is -2.34. The SMILES string of the molecule is Clc1ccc(Br)c(NC2CC(c3cccc(Br)c3)C2)c1. The molecule has 1 aliphatic rings. The minimum Gasteiger partial charge on any atom is -0.381 e. The number of hydrogen-bond acceptors (Lipinski definition) is 1. The second-order valence-corrected chi connectivity index (χ2v) is 7.40. The van der Waals surface area contributed by atoms with Crippen LogP contribution in [0.3, 0.4) is 0 Å². The molecule has 0 heterocycles. The Hall–Kier alpha value is -0.510. The van der Waals surface area contributed by atoms with Gasteiger partial charge in [-0.25, -0.2) is 0 Å². The van der Waals surface area contributed by atoms with Gasteiger partial charge >= 0.3 is 0 Å². The van der Waals surface area contributed by atoms with E-state index in [1.54, 1.807) is 0 Å². The molecule has 0 spiro atoms. The van der Waals surface area contributed by atoms with Crippen LogP contribution in [0, 0.1) is 0 Å². The highest BCUT2D eigenvalue weighted by molar-refractivity contribution is 9.10. The van der Waals surface area contributed by atoms with Crippen LogP contribution < -0.4 is 5.32 Å². The van der Waals surface area contributed by atoms with Crippen LogP contribution in [0.15, 0.2) is 51.4 Å². The van der Waals surface area contributed by atoms with Crippen molar-refractivity contribution in [3.8, 4) is 0 Å². The topological polar surface area (TPSA) is 12.0 Å². The molecule has 1 saturated carbocycles. The molecule has 0 aliphatic heterocycles. The van der Waals surface area contributed by atoms with Crippen LogP contribution in [0.5, 0.6) is 0 Å². The molecule has 0 saturated heterocycles. The summed E-state index contributed by atoms with van der Waals surface area (Å²) in [6.07, 6.45) is 2.32. The Morgan fingerprint density at radius 2 is 1.85 bits per heavy atom. The van der Waals surface area contributed by atoms with Gasteiger partial charge in [0.25, 0.3) is 0 Å². The average Bonchev–Trinajstić information content (AvgIpc) is 2.37. The fraction of sp³-hybridized carbons (Fsp3) is 0.250. The maximum Gasteiger partial charge on any atom is 0.0501 e. The molecule has 0 amide bonds. The van der Waals surface area contributed by atoms with Crippen LogP contribution in [0.1, 0.15) is 24.3 Å². The van der Waals surface area contributed by atoms with Crippen LogP contribution in [0.4, 0.5) is 5.69 Å². The van der Waals surface area contributed by atoms with Crippen molar-refractivity contribution in [2.45, 2.75) is 24.8 Å². The van der Waals surface area contributed by atoms with E-state index < -0.39 is 0 Å². The lowest BCUT2D eigenvalue weighted by atomic mass is 9.76. The maximum atomic E-state index is 6.04. The predicted molar refractivity (Wildman–Crippen MR) is 92.7 cm³/mol. The minimum absolute atomic E-state index is 0.522. The van der Waals surface area contributed by atoms with Gasteiger partial charge < -0.3 is 5.32 Å². The number of nitrogens with one attached hydrogen (secondary N) is 1. The van der Waals surface area contributed by atoms with Gasteiger partial charge in [-0.3, -0.25) is 0 Å². The summed E-state index contributed by atoms with van der Waals surface area (Å²) in [6, 6.07) is 15.0. The lowest BCUT2D eigenvalue weighted by Gasteiger charge is -2.37. The maximum absolute atomic E-state index is 6.04. The molecule has 2 aromatic carbocycles. The number of benzene rings is 2. The largest absolute Gasteiger partial charge is 0.381 e. The summed E-state index contributed by atoms with van der Waals surface area (Å²) < 4.78 is 2.22. The van der Waals surface area contributed by atoms with E-state index in [0.29, 0.717) is 12.0 Å². The van der Waals surface area contributed by atoms with E-state index in [4.69, 9.17) is 11.6 Å². The average molecular weight is 416 g/mol. The molecule has 0 aromatic heterocycles. The first-order valence-electron chi connectivity index (χ1n) is 6.59. The van der Waals surface area contributed by atoms with Gasteiger partial charge in [-0.05, 0) is 70.6 Å². The molecule has 1 fully saturated rings. The molecule has 0 unspecified atom stereocenters. The lowest BCUT2D eigenvalue weighted by molar-refractivity contribution is 0.374. The van der Waals surface area contributed by atoms with Gasteiger partial charge in [0.2, 0.25) is 0 Å². The highest BCUT2D eigenvalue weighted by atomic mass is 79.9. The smallest absolute Gasteiger partial charge is 0.0501 e. The van der Waals surface area contributed by atoms with Crippen molar-refractivity contribution in [2.24, 2.45) is 0 Å². The number of anilines is 1. The monoisotopic (exact) mass is 413 g/mol. The highest BCUT2D eigenvalue weighted by Crippen LogP contribution is 2.40. The molecular formula is C16H14Br2ClN. The third-order valence-corrected chi connectivity index (χ3v) is 5.17. The molecule has 1 N–H and O–H groups in total. The third kappa shape index (κ3) is 3.21.